The van der Waals surface area contributed by atoms with E-state index < -0.39 is 17.5 Å². The van der Waals surface area contributed by atoms with Gasteiger partial charge in [-0.15, -0.1) is 0 Å². The van der Waals surface area contributed by atoms with Gasteiger partial charge < -0.3 is 14.8 Å². The molecule has 1 fully saturated rings. The molecule has 0 aromatic heterocycles. The molecule has 1 N–H and O–H groups in total. The number of nitrogens with zero attached hydrogens (tertiary/aromatic N) is 1. The fourth-order valence-electron chi connectivity index (χ4n) is 3.66. The van der Waals surface area contributed by atoms with Crippen LogP contribution < -0.4 is 14.8 Å². The van der Waals surface area contributed by atoms with Gasteiger partial charge in [0, 0.05) is 5.56 Å². The largest absolute Gasteiger partial charge is 0.486 e. The van der Waals surface area contributed by atoms with Crippen LogP contribution in [0.4, 0.5) is 4.79 Å². The summed E-state index contributed by atoms with van der Waals surface area (Å²) in [6.45, 7) is 5.92. The zero-order valence-electron chi connectivity index (χ0n) is 16.6. The van der Waals surface area contributed by atoms with E-state index in [0.29, 0.717) is 35.8 Å². The number of aryl methyl sites for hydroxylation is 2. The molecule has 0 radical (unpaired) electrons. The Kier molecular flexibility index (Phi) is 4.53. The van der Waals surface area contributed by atoms with E-state index in [1.54, 1.807) is 31.2 Å². The fourth-order valence-corrected chi connectivity index (χ4v) is 3.66. The quantitative estimate of drug-likeness (QED) is 0.637. The van der Waals surface area contributed by atoms with Crippen LogP contribution in [-0.2, 0) is 10.3 Å². The molecule has 150 valence electrons. The van der Waals surface area contributed by atoms with E-state index >= 15 is 0 Å². The van der Waals surface area contributed by atoms with Crippen LogP contribution in [0.25, 0.3) is 0 Å². The number of amides is 3. The van der Waals surface area contributed by atoms with Crippen LogP contribution >= 0.6 is 0 Å². The number of ether oxygens (including phenoxy) is 2. The van der Waals surface area contributed by atoms with Crippen molar-refractivity contribution in [2.75, 3.05) is 19.8 Å². The van der Waals surface area contributed by atoms with Crippen LogP contribution in [0.1, 0.15) is 34.0 Å². The number of hydrogen-bond donors (Lipinski definition) is 1. The molecule has 7 nitrogen and oxygen atoms in total. The average molecular weight is 394 g/mol. The Balaban J connectivity index is 1.60. The SMILES string of the molecule is Cc1ccc(C)c(C(=O)CN2C(=O)N[C@](C)(c3ccc4c(c3)OCCO4)C2=O)c1. The van der Waals surface area contributed by atoms with Gasteiger partial charge in [-0.05, 0) is 50.1 Å². The molecule has 0 unspecified atom stereocenters. The molecule has 2 aliphatic rings. The molecule has 1 atom stereocenters. The normalized spacial score (nSPS) is 20.6. The first kappa shape index (κ1) is 19.0. The van der Waals surface area contributed by atoms with Crippen molar-refractivity contribution in [3.05, 3.63) is 58.7 Å². The summed E-state index contributed by atoms with van der Waals surface area (Å²) in [6, 6.07) is 10.1. The Morgan fingerprint density at radius 2 is 1.79 bits per heavy atom. The van der Waals surface area contributed by atoms with E-state index in [0.717, 1.165) is 16.0 Å². The van der Waals surface area contributed by atoms with E-state index in [2.05, 4.69) is 5.32 Å². The van der Waals surface area contributed by atoms with Crippen molar-refractivity contribution in [1.29, 1.82) is 0 Å². The number of ketones is 1. The van der Waals surface area contributed by atoms with Gasteiger partial charge in [0.25, 0.3) is 5.91 Å². The second-order valence-corrected chi connectivity index (χ2v) is 7.55. The van der Waals surface area contributed by atoms with Gasteiger partial charge in [0.15, 0.2) is 17.3 Å². The highest BCUT2D eigenvalue weighted by Crippen LogP contribution is 2.36. The van der Waals surface area contributed by atoms with E-state index in [-0.39, 0.29) is 12.3 Å². The second-order valence-electron chi connectivity index (χ2n) is 7.55. The van der Waals surface area contributed by atoms with Crippen LogP contribution in [0.3, 0.4) is 0 Å². The van der Waals surface area contributed by atoms with E-state index in [4.69, 9.17) is 9.47 Å². The second kappa shape index (κ2) is 6.92. The zero-order valence-corrected chi connectivity index (χ0v) is 16.6. The third-order valence-corrected chi connectivity index (χ3v) is 5.39. The Bertz CT molecular complexity index is 1030. The molecule has 2 heterocycles. The molecule has 2 aliphatic heterocycles. The van der Waals surface area contributed by atoms with Crippen LogP contribution in [0.15, 0.2) is 36.4 Å². The van der Waals surface area contributed by atoms with Crippen molar-refractivity contribution < 1.29 is 23.9 Å². The third-order valence-electron chi connectivity index (χ3n) is 5.39. The third kappa shape index (κ3) is 3.22. The Morgan fingerprint density at radius 3 is 2.55 bits per heavy atom. The lowest BCUT2D eigenvalue weighted by atomic mass is 9.91. The lowest BCUT2D eigenvalue weighted by Gasteiger charge is -2.25. The summed E-state index contributed by atoms with van der Waals surface area (Å²) >= 11 is 0. The first-order valence-corrected chi connectivity index (χ1v) is 9.44. The number of Topliss-reactive ketones (excluding diaryl/α,β-unsaturated/α-hetero) is 1. The van der Waals surface area contributed by atoms with Gasteiger partial charge in [0.05, 0.1) is 6.54 Å². The Hall–Kier alpha value is -3.35. The lowest BCUT2D eigenvalue weighted by Crippen LogP contribution is -2.41. The molecule has 0 bridgehead atoms. The van der Waals surface area contributed by atoms with Gasteiger partial charge in [-0.2, -0.15) is 0 Å². The van der Waals surface area contributed by atoms with Crippen molar-refractivity contribution in [2.45, 2.75) is 26.3 Å². The van der Waals surface area contributed by atoms with Crippen molar-refractivity contribution >= 4 is 17.7 Å². The van der Waals surface area contributed by atoms with E-state index in [1.807, 2.05) is 26.0 Å². The highest BCUT2D eigenvalue weighted by molar-refractivity contribution is 6.11. The maximum Gasteiger partial charge on any atom is 0.325 e. The molecule has 0 saturated carbocycles. The number of carbonyl (C=O) groups excluding carboxylic acids is 3. The summed E-state index contributed by atoms with van der Waals surface area (Å²) in [5, 5.41) is 2.72. The number of nitrogens with one attached hydrogen (secondary N) is 1. The number of hydrogen-bond acceptors (Lipinski definition) is 5. The summed E-state index contributed by atoms with van der Waals surface area (Å²) in [7, 11) is 0. The Labute approximate surface area is 168 Å². The molecule has 2 aromatic carbocycles. The molecule has 3 amide bonds. The number of fused-ring (bicyclic) bond motifs is 1. The minimum Gasteiger partial charge on any atom is -0.486 e. The van der Waals surface area contributed by atoms with Gasteiger partial charge in [-0.1, -0.05) is 23.8 Å². The molecular weight excluding hydrogens is 372 g/mol. The van der Waals surface area contributed by atoms with E-state index in [9.17, 15) is 14.4 Å². The molecule has 29 heavy (non-hydrogen) atoms. The van der Waals surface area contributed by atoms with Gasteiger partial charge in [0.2, 0.25) is 0 Å². The summed E-state index contributed by atoms with van der Waals surface area (Å²) in [5.41, 5.74) is 1.55. The van der Waals surface area contributed by atoms with Crippen molar-refractivity contribution in [3.63, 3.8) is 0 Å². The minimum atomic E-state index is -1.28. The molecular formula is C22H22N2O5. The van der Waals surface area contributed by atoms with Crippen LogP contribution in [0, 0.1) is 13.8 Å². The zero-order chi connectivity index (χ0) is 20.8. The van der Waals surface area contributed by atoms with Crippen molar-refractivity contribution in [3.8, 4) is 11.5 Å². The molecule has 2 aromatic rings. The van der Waals surface area contributed by atoms with Gasteiger partial charge >= 0.3 is 6.03 Å². The molecule has 7 heteroatoms. The standard InChI is InChI=1S/C22H22N2O5/c1-13-4-5-14(2)16(10-13)17(25)12-24-20(26)22(3,23-21(24)27)15-6-7-18-19(11-15)29-9-8-28-18/h4-7,10-11H,8-9,12H2,1-3H3,(H,23,27)/t22-/m1/s1. The molecule has 0 aliphatic carbocycles. The highest BCUT2D eigenvalue weighted by atomic mass is 16.6. The van der Waals surface area contributed by atoms with Crippen molar-refractivity contribution in [1.82, 2.24) is 10.2 Å². The minimum absolute atomic E-state index is 0.277. The monoisotopic (exact) mass is 394 g/mol. The summed E-state index contributed by atoms with van der Waals surface area (Å²) in [4.78, 5) is 39.5. The number of benzene rings is 2. The number of rotatable bonds is 4. The number of urea groups is 1. The van der Waals surface area contributed by atoms with Crippen LogP contribution in [0.5, 0.6) is 11.5 Å². The van der Waals surface area contributed by atoms with Gasteiger partial charge in [-0.3, -0.25) is 14.5 Å². The number of imide groups is 1. The predicted octanol–water partition coefficient (Wildman–Crippen LogP) is 2.72. The summed E-state index contributed by atoms with van der Waals surface area (Å²) < 4.78 is 11.1. The number of carbonyl (C=O) groups is 3. The van der Waals surface area contributed by atoms with Crippen LogP contribution in [-0.4, -0.2) is 42.4 Å². The average Bonchev–Trinajstić information content (AvgIpc) is 2.93. The fraction of sp³-hybridized carbons (Fsp3) is 0.318. The first-order valence-electron chi connectivity index (χ1n) is 9.44. The Morgan fingerprint density at radius 1 is 1.07 bits per heavy atom. The maximum atomic E-state index is 13.1. The van der Waals surface area contributed by atoms with Crippen molar-refractivity contribution in [2.24, 2.45) is 0 Å². The van der Waals surface area contributed by atoms with Gasteiger partial charge in [0.1, 0.15) is 18.8 Å². The highest BCUT2D eigenvalue weighted by Gasteiger charge is 2.49. The smallest absolute Gasteiger partial charge is 0.325 e. The summed E-state index contributed by atoms with van der Waals surface area (Å²) in [5.74, 6) is 0.378. The lowest BCUT2D eigenvalue weighted by molar-refractivity contribution is -0.130. The summed E-state index contributed by atoms with van der Waals surface area (Å²) in [6.07, 6.45) is 0. The van der Waals surface area contributed by atoms with Crippen LogP contribution in [0.2, 0.25) is 0 Å². The molecule has 1 saturated heterocycles. The maximum absolute atomic E-state index is 13.1. The predicted molar refractivity (Wildman–Crippen MR) is 105 cm³/mol. The van der Waals surface area contributed by atoms with E-state index in [1.165, 1.54) is 0 Å². The molecule has 4 rings (SSSR count). The van der Waals surface area contributed by atoms with Gasteiger partial charge in [-0.25, -0.2) is 4.79 Å². The first-order chi connectivity index (χ1) is 13.8. The molecule has 0 spiro atoms. The topological polar surface area (TPSA) is 84.9 Å².